The molecule has 0 radical (unpaired) electrons. The highest BCUT2D eigenvalue weighted by Crippen LogP contribution is 2.29. The van der Waals surface area contributed by atoms with Gasteiger partial charge in [0.2, 0.25) is 0 Å². The van der Waals surface area contributed by atoms with Gasteiger partial charge in [0.25, 0.3) is 0 Å². The molecule has 0 saturated heterocycles. The molecule has 0 aliphatic carbocycles. The van der Waals surface area contributed by atoms with Crippen molar-refractivity contribution in [3.8, 4) is 0 Å². The fourth-order valence-electron chi connectivity index (χ4n) is 1.13. The Morgan fingerprint density at radius 2 is 2.14 bits per heavy atom. The summed E-state index contributed by atoms with van der Waals surface area (Å²) in [5.41, 5.74) is 8.11. The van der Waals surface area contributed by atoms with Crippen LogP contribution in [0.5, 0.6) is 0 Å². The zero-order chi connectivity index (χ0) is 10.6. The molecule has 1 aromatic rings. The topological polar surface area (TPSA) is 26.0 Å². The minimum Gasteiger partial charge on any atom is -0.398 e. The minimum absolute atomic E-state index is 0.764. The molecule has 1 atom stereocenters. The summed E-state index contributed by atoms with van der Waals surface area (Å²) < 4.78 is 0. The number of benzene rings is 1. The van der Waals surface area contributed by atoms with Crippen molar-refractivity contribution < 1.29 is 0 Å². The van der Waals surface area contributed by atoms with E-state index in [0.717, 1.165) is 17.4 Å². The minimum atomic E-state index is 0.764. The third kappa shape index (κ3) is 2.95. The summed E-state index contributed by atoms with van der Waals surface area (Å²) >= 11 is 1.87. The van der Waals surface area contributed by atoms with Crippen LogP contribution in [0.2, 0.25) is 0 Å². The lowest BCUT2D eigenvalue weighted by atomic mass is 10.2. The number of nitrogen functional groups attached to an aromatic ring is 1. The smallest absolute Gasteiger partial charge is 0.0481 e. The van der Waals surface area contributed by atoms with E-state index in [1.807, 2.05) is 11.8 Å². The first kappa shape index (κ1) is 11.4. The zero-order valence-electron chi connectivity index (χ0n) is 9.21. The first-order valence-corrected chi connectivity index (χ1v) is 6.11. The Kier molecular flexibility index (Phi) is 4.33. The molecule has 0 aliphatic heterocycles. The highest BCUT2D eigenvalue weighted by molar-refractivity contribution is 7.99. The van der Waals surface area contributed by atoms with Crippen molar-refractivity contribution in [1.82, 2.24) is 0 Å². The van der Waals surface area contributed by atoms with E-state index in [9.17, 15) is 0 Å². The number of hydrogen-bond acceptors (Lipinski definition) is 2. The number of aryl methyl sites for hydroxylation is 1. The number of para-hydroxylation sites is 1. The van der Waals surface area contributed by atoms with Gasteiger partial charge in [0.05, 0.1) is 0 Å². The van der Waals surface area contributed by atoms with Crippen LogP contribution in [0.1, 0.15) is 25.8 Å². The summed E-state index contributed by atoms with van der Waals surface area (Å²) in [6.45, 7) is 6.56. The van der Waals surface area contributed by atoms with Crippen molar-refractivity contribution in [2.45, 2.75) is 32.1 Å². The Labute approximate surface area is 91.1 Å². The van der Waals surface area contributed by atoms with Crippen molar-refractivity contribution in [2.24, 2.45) is 5.92 Å². The predicted octanol–water partition coefficient (Wildman–Crippen LogP) is 3.72. The van der Waals surface area contributed by atoms with Gasteiger partial charge in [-0.25, -0.2) is 0 Å². The van der Waals surface area contributed by atoms with E-state index in [1.54, 1.807) is 0 Å². The standard InChI is InChI=1S/C12H19NS/c1-4-9(2)8-14-11-7-5-6-10(3)12(11)13/h5-7,9H,4,8,13H2,1-3H3. The van der Waals surface area contributed by atoms with E-state index in [1.165, 1.54) is 16.9 Å². The van der Waals surface area contributed by atoms with Crippen LogP contribution in [-0.4, -0.2) is 5.75 Å². The maximum absolute atomic E-state index is 5.99. The Hall–Kier alpha value is -0.630. The fraction of sp³-hybridized carbons (Fsp3) is 0.500. The lowest BCUT2D eigenvalue weighted by molar-refractivity contribution is 0.637. The van der Waals surface area contributed by atoms with Gasteiger partial charge in [-0.3, -0.25) is 0 Å². The van der Waals surface area contributed by atoms with Crippen LogP contribution in [0.4, 0.5) is 5.69 Å². The van der Waals surface area contributed by atoms with Crippen LogP contribution >= 0.6 is 11.8 Å². The Morgan fingerprint density at radius 3 is 2.79 bits per heavy atom. The molecule has 78 valence electrons. The second kappa shape index (κ2) is 5.30. The van der Waals surface area contributed by atoms with Crippen molar-refractivity contribution in [1.29, 1.82) is 0 Å². The fourth-order valence-corrected chi connectivity index (χ4v) is 2.32. The second-order valence-corrected chi connectivity index (χ2v) is 4.87. The van der Waals surface area contributed by atoms with Gasteiger partial charge in [0.15, 0.2) is 0 Å². The van der Waals surface area contributed by atoms with Gasteiger partial charge in [-0.1, -0.05) is 32.4 Å². The molecule has 1 aromatic carbocycles. The number of nitrogens with two attached hydrogens (primary N) is 1. The molecule has 0 aromatic heterocycles. The Balaban J connectivity index is 2.63. The Bertz CT molecular complexity index is 296. The molecule has 0 spiro atoms. The first-order chi connectivity index (χ1) is 6.65. The maximum Gasteiger partial charge on any atom is 0.0481 e. The van der Waals surface area contributed by atoms with Crippen LogP contribution in [0, 0.1) is 12.8 Å². The lowest BCUT2D eigenvalue weighted by Crippen LogP contribution is -1.97. The summed E-state index contributed by atoms with van der Waals surface area (Å²) in [5.74, 6) is 1.92. The predicted molar refractivity (Wildman–Crippen MR) is 65.8 cm³/mol. The largest absolute Gasteiger partial charge is 0.398 e. The molecule has 1 nitrogen and oxygen atoms in total. The summed E-state index contributed by atoms with van der Waals surface area (Å²) in [6.07, 6.45) is 1.23. The van der Waals surface area contributed by atoms with Gasteiger partial charge in [-0.2, -0.15) is 0 Å². The van der Waals surface area contributed by atoms with Crippen LogP contribution in [0.25, 0.3) is 0 Å². The highest BCUT2D eigenvalue weighted by Gasteiger charge is 2.04. The van der Waals surface area contributed by atoms with E-state index in [2.05, 4.69) is 39.0 Å². The first-order valence-electron chi connectivity index (χ1n) is 5.13. The molecule has 0 heterocycles. The number of rotatable bonds is 4. The molecule has 0 amide bonds. The van der Waals surface area contributed by atoms with Gasteiger partial charge < -0.3 is 5.73 Å². The van der Waals surface area contributed by atoms with E-state index < -0.39 is 0 Å². The van der Waals surface area contributed by atoms with Crippen molar-refractivity contribution in [3.05, 3.63) is 23.8 Å². The SMILES string of the molecule is CCC(C)CSc1cccc(C)c1N. The highest BCUT2D eigenvalue weighted by atomic mass is 32.2. The molecular weight excluding hydrogens is 190 g/mol. The van der Waals surface area contributed by atoms with E-state index in [4.69, 9.17) is 5.73 Å². The summed E-state index contributed by atoms with van der Waals surface area (Å²) in [6, 6.07) is 6.24. The number of anilines is 1. The molecule has 0 bridgehead atoms. The van der Waals surface area contributed by atoms with Crippen molar-refractivity contribution in [3.63, 3.8) is 0 Å². The lowest BCUT2D eigenvalue weighted by Gasteiger charge is -2.10. The van der Waals surface area contributed by atoms with Crippen molar-refractivity contribution >= 4 is 17.4 Å². The second-order valence-electron chi connectivity index (χ2n) is 3.81. The van der Waals surface area contributed by atoms with E-state index in [0.29, 0.717) is 0 Å². The van der Waals surface area contributed by atoms with Gasteiger partial charge in [-0.05, 0) is 24.5 Å². The monoisotopic (exact) mass is 209 g/mol. The van der Waals surface area contributed by atoms with E-state index >= 15 is 0 Å². The van der Waals surface area contributed by atoms with Gasteiger partial charge in [-0.15, -0.1) is 11.8 Å². The quantitative estimate of drug-likeness (QED) is 0.604. The molecule has 0 aliphatic rings. The van der Waals surface area contributed by atoms with E-state index in [-0.39, 0.29) is 0 Å². The maximum atomic E-state index is 5.99. The van der Waals surface area contributed by atoms with Crippen LogP contribution in [0.15, 0.2) is 23.1 Å². The average molecular weight is 209 g/mol. The number of hydrogen-bond donors (Lipinski definition) is 1. The average Bonchev–Trinajstić information content (AvgIpc) is 2.20. The molecule has 0 fully saturated rings. The summed E-state index contributed by atoms with van der Waals surface area (Å²) in [4.78, 5) is 1.23. The third-order valence-electron chi connectivity index (χ3n) is 2.50. The molecular formula is C12H19NS. The van der Waals surface area contributed by atoms with Gasteiger partial charge >= 0.3 is 0 Å². The zero-order valence-corrected chi connectivity index (χ0v) is 10.0. The van der Waals surface area contributed by atoms with Crippen LogP contribution < -0.4 is 5.73 Å². The molecule has 14 heavy (non-hydrogen) atoms. The third-order valence-corrected chi connectivity index (χ3v) is 3.91. The van der Waals surface area contributed by atoms with Crippen LogP contribution in [0.3, 0.4) is 0 Å². The molecule has 2 heteroatoms. The molecule has 2 N–H and O–H groups in total. The van der Waals surface area contributed by atoms with Crippen LogP contribution in [-0.2, 0) is 0 Å². The van der Waals surface area contributed by atoms with Crippen molar-refractivity contribution in [2.75, 3.05) is 11.5 Å². The van der Waals surface area contributed by atoms with Gasteiger partial charge in [0, 0.05) is 16.3 Å². The number of thioether (sulfide) groups is 1. The molecule has 0 saturated carbocycles. The summed E-state index contributed by atoms with van der Waals surface area (Å²) in [5, 5.41) is 0. The Morgan fingerprint density at radius 1 is 1.43 bits per heavy atom. The summed E-state index contributed by atoms with van der Waals surface area (Å²) in [7, 11) is 0. The van der Waals surface area contributed by atoms with Gasteiger partial charge in [0.1, 0.15) is 0 Å². The molecule has 1 unspecified atom stereocenters. The molecule has 1 rings (SSSR count). The normalized spacial score (nSPS) is 12.8.